The van der Waals surface area contributed by atoms with Crippen molar-refractivity contribution in [3.63, 3.8) is 0 Å². The van der Waals surface area contributed by atoms with Crippen LogP contribution in [-0.2, 0) is 9.53 Å². The Morgan fingerprint density at radius 2 is 1.77 bits per heavy atom. The van der Waals surface area contributed by atoms with Gasteiger partial charge in [-0.25, -0.2) is 0 Å². The number of hydrogen-bond donors (Lipinski definition) is 0. The number of Topliss-reactive ketones (excluding diaryl/α,β-unsaturated/α-hetero) is 1. The highest BCUT2D eigenvalue weighted by atomic mass is 32.2. The van der Waals surface area contributed by atoms with Crippen molar-refractivity contribution in [1.82, 2.24) is 0 Å². The van der Waals surface area contributed by atoms with Crippen LogP contribution in [0.15, 0.2) is 47.4 Å². The Morgan fingerprint density at radius 3 is 2.35 bits per heavy atom. The van der Waals surface area contributed by atoms with Crippen molar-refractivity contribution in [2.75, 3.05) is 5.75 Å². The second-order valence-electron chi connectivity index (χ2n) is 5.84. The van der Waals surface area contributed by atoms with Gasteiger partial charge in [-0.05, 0) is 50.1 Å². The Kier molecular flexibility index (Phi) is 6.52. The van der Waals surface area contributed by atoms with Crippen LogP contribution in [-0.4, -0.2) is 28.5 Å². The number of ketones is 1. The summed E-state index contributed by atoms with van der Waals surface area (Å²) in [6.45, 7) is 5.43. The van der Waals surface area contributed by atoms with E-state index in [1.54, 1.807) is 31.2 Å². The highest BCUT2D eigenvalue weighted by Crippen LogP contribution is 2.22. The fourth-order valence-electron chi connectivity index (χ4n) is 2.22. The molecule has 136 valence electrons. The fourth-order valence-corrected chi connectivity index (χ4v) is 2.90. The number of esters is 1. The van der Waals surface area contributed by atoms with Crippen LogP contribution in [0.5, 0.6) is 0 Å². The van der Waals surface area contributed by atoms with Crippen LogP contribution in [0.4, 0.5) is 5.69 Å². The van der Waals surface area contributed by atoms with E-state index < -0.39 is 17.0 Å². The number of hydrogen-bond acceptors (Lipinski definition) is 6. The molecule has 0 aliphatic rings. The summed E-state index contributed by atoms with van der Waals surface area (Å²) in [6.07, 6.45) is -0.873. The van der Waals surface area contributed by atoms with Gasteiger partial charge < -0.3 is 4.74 Å². The van der Waals surface area contributed by atoms with Gasteiger partial charge in [0.1, 0.15) is 0 Å². The second-order valence-corrected chi connectivity index (χ2v) is 6.88. The molecule has 0 unspecified atom stereocenters. The summed E-state index contributed by atoms with van der Waals surface area (Å²) in [6, 6.07) is 11.3. The SMILES string of the molecule is Cc1ccc(C(=O)[C@@H](C)OC(=O)CSc2ccc([N+](=O)[O-])cc2)cc1C. The lowest BCUT2D eigenvalue weighted by atomic mass is 10.0. The third-order valence-electron chi connectivity index (χ3n) is 3.87. The maximum atomic E-state index is 12.4. The van der Waals surface area contributed by atoms with E-state index >= 15 is 0 Å². The molecule has 0 aliphatic heterocycles. The number of nitro groups is 1. The molecule has 0 spiro atoms. The predicted molar refractivity (Wildman–Crippen MR) is 99.6 cm³/mol. The molecule has 0 bridgehead atoms. The van der Waals surface area contributed by atoms with Crippen LogP contribution < -0.4 is 0 Å². The van der Waals surface area contributed by atoms with Gasteiger partial charge in [-0.3, -0.25) is 19.7 Å². The van der Waals surface area contributed by atoms with E-state index in [-0.39, 0.29) is 17.2 Å². The average Bonchev–Trinajstić information content (AvgIpc) is 2.62. The molecule has 2 rings (SSSR count). The van der Waals surface area contributed by atoms with Crippen LogP contribution in [0.3, 0.4) is 0 Å². The Bertz CT molecular complexity index is 832. The minimum Gasteiger partial charge on any atom is -0.454 e. The van der Waals surface area contributed by atoms with Crippen molar-refractivity contribution in [2.24, 2.45) is 0 Å². The first kappa shape index (κ1) is 19.7. The van der Waals surface area contributed by atoms with Crippen LogP contribution in [0.1, 0.15) is 28.4 Å². The molecule has 0 aliphatic carbocycles. The molecule has 2 aromatic carbocycles. The maximum absolute atomic E-state index is 12.4. The van der Waals surface area contributed by atoms with Gasteiger partial charge in [0.05, 0.1) is 10.7 Å². The molecule has 1 atom stereocenters. The summed E-state index contributed by atoms with van der Waals surface area (Å²) in [7, 11) is 0. The molecule has 0 radical (unpaired) electrons. The van der Waals surface area contributed by atoms with Gasteiger partial charge in [0.15, 0.2) is 6.10 Å². The van der Waals surface area contributed by atoms with Gasteiger partial charge in [0, 0.05) is 22.6 Å². The zero-order valence-corrected chi connectivity index (χ0v) is 15.5. The van der Waals surface area contributed by atoms with Gasteiger partial charge in [0.25, 0.3) is 5.69 Å². The molecule has 0 N–H and O–H groups in total. The van der Waals surface area contributed by atoms with E-state index in [1.807, 2.05) is 19.9 Å². The van der Waals surface area contributed by atoms with Crippen LogP contribution >= 0.6 is 11.8 Å². The predicted octanol–water partition coefficient (Wildman–Crippen LogP) is 4.12. The van der Waals surface area contributed by atoms with Crippen molar-refractivity contribution in [3.8, 4) is 0 Å². The zero-order chi connectivity index (χ0) is 19.3. The smallest absolute Gasteiger partial charge is 0.316 e. The van der Waals surface area contributed by atoms with Gasteiger partial charge in [-0.2, -0.15) is 0 Å². The first-order valence-corrected chi connectivity index (χ1v) is 8.94. The topological polar surface area (TPSA) is 86.5 Å². The molecule has 0 saturated carbocycles. The first-order chi connectivity index (χ1) is 12.3. The molecule has 2 aromatic rings. The van der Waals surface area contributed by atoms with Crippen LogP contribution in [0, 0.1) is 24.0 Å². The number of carbonyl (C=O) groups is 2. The summed E-state index contributed by atoms with van der Waals surface area (Å²) in [4.78, 5) is 35.2. The number of nitrogens with zero attached hydrogens (tertiary/aromatic N) is 1. The second kappa shape index (κ2) is 8.62. The van der Waals surface area contributed by atoms with E-state index in [2.05, 4.69) is 0 Å². The van der Waals surface area contributed by atoms with Gasteiger partial charge in [0.2, 0.25) is 5.78 Å². The van der Waals surface area contributed by atoms with Crippen LogP contribution in [0.2, 0.25) is 0 Å². The van der Waals surface area contributed by atoms with E-state index in [0.29, 0.717) is 10.5 Å². The lowest BCUT2D eigenvalue weighted by Gasteiger charge is -2.13. The third-order valence-corrected chi connectivity index (χ3v) is 4.86. The van der Waals surface area contributed by atoms with E-state index in [0.717, 1.165) is 11.1 Å². The number of nitro benzene ring substituents is 1. The molecular weight excluding hydrogens is 354 g/mol. The molecule has 0 heterocycles. The minimum absolute atomic E-state index is 0.00969. The summed E-state index contributed by atoms with van der Waals surface area (Å²) < 4.78 is 5.20. The van der Waals surface area contributed by atoms with Crippen LogP contribution in [0.25, 0.3) is 0 Å². The highest BCUT2D eigenvalue weighted by Gasteiger charge is 2.20. The molecule has 6 nitrogen and oxygen atoms in total. The van der Waals surface area contributed by atoms with Gasteiger partial charge in [-0.15, -0.1) is 11.8 Å². The quantitative estimate of drug-likeness (QED) is 0.239. The Hall–Kier alpha value is -2.67. The Labute approximate surface area is 155 Å². The highest BCUT2D eigenvalue weighted by molar-refractivity contribution is 8.00. The Morgan fingerprint density at radius 1 is 1.12 bits per heavy atom. The maximum Gasteiger partial charge on any atom is 0.316 e. The minimum atomic E-state index is -0.873. The average molecular weight is 373 g/mol. The number of carbonyl (C=O) groups excluding carboxylic acids is 2. The van der Waals surface area contributed by atoms with Crippen molar-refractivity contribution >= 4 is 29.2 Å². The van der Waals surface area contributed by atoms with Gasteiger partial charge >= 0.3 is 5.97 Å². The molecular formula is C19H19NO5S. The Balaban J connectivity index is 1.89. The molecule has 7 heteroatoms. The zero-order valence-electron chi connectivity index (χ0n) is 14.7. The fraction of sp³-hybridized carbons (Fsp3) is 0.263. The molecule has 26 heavy (non-hydrogen) atoms. The van der Waals surface area contributed by atoms with Crippen molar-refractivity contribution < 1.29 is 19.2 Å². The number of benzene rings is 2. The van der Waals surface area contributed by atoms with Crippen molar-refractivity contribution in [2.45, 2.75) is 31.8 Å². The normalized spacial score (nSPS) is 11.7. The summed E-state index contributed by atoms with van der Waals surface area (Å²) in [5.41, 5.74) is 2.59. The first-order valence-electron chi connectivity index (χ1n) is 7.96. The van der Waals surface area contributed by atoms with E-state index in [1.165, 1.54) is 23.9 Å². The summed E-state index contributed by atoms with van der Waals surface area (Å²) >= 11 is 1.19. The van der Waals surface area contributed by atoms with Crippen molar-refractivity contribution in [1.29, 1.82) is 0 Å². The molecule has 0 amide bonds. The lowest BCUT2D eigenvalue weighted by Crippen LogP contribution is -2.25. The summed E-state index contributed by atoms with van der Waals surface area (Å²) in [5.74, 6) is -0.748. The molecule has 0 saturated heterocycles. The lowest BCUT2D eigenvalue weighted by molar-refractivity contribution is -0.384. The standard InChI is InChI=1S/C19H19NO5S/c1-12-4-5-15(10-13(12)2)19(22)14(3)25-18(21)11-26-17-8-6-16(7-9-17)20(23)24/h4-10,14H,11H2,1-3H3/t14-/m1/s1. The molecule has 0 aromatic heterocycles. The van der Waals surface area contributed by atoms with Gasteiger partial charge in [-0.1, -0.05) is 12.1 Å². The number of thioether (sulfide) groups is 1. The largest absolute Gasteiger partial charge is 0.454 e. The third kappa shape index (κ3) is 5.16. The number of ether oxygens (including phenoxy) is 1. The monoisotopic (exact) mass is 373 g/mol. The number of rotatable bonds is 7. The number of non-ortho nitro benzene ring substituents is 1. The molecule has 0 fully saturated rings. The van der Waals surface area contributed by atoms with E-state index in [4.69, 9.17) is 4.74 Å². The number of aryl methyl sites for hydroxylation is 2. The van der Waals surface area contributed by atoms with Crippen molar-refractivity contribution in [3.05, 3.63) is 69.3 Å². The van der Waals surface area contributed by atoms with E-state index in [9.17, 15) is 19.7 Å². The summed E-state index contributed by atoms with van der Waals surface area (Å²) in [5, 5.41) is 10.6.